The Balaban J connectivity index is 2.91. The summed E-state index contributed by atoms with van der Waals surface area (Å²) in [5.74, 6) is 0.891. The second-order valence-electron chi connectivity index (χ2n) is 2.86. The van der Waals surface area contributed by atoms with E-state index >= 15 is 0 Å². The van der Waals surface area contributed by atoms with Crippen molar-refractivity contribution in [1.29, 1.82) is 0 Å². The van der Waals surface area contributed by atoms with Crippen molar-refractivity contribution in [3.8, 4) is 5.75 Å². The number of rotatable bonds is 3. The molecular weight excluding hydrogens is 162 g/mol. The first-order chi connectivity index (χ1) is 6.27. The molecule has 0 bridgehead atoms. The standard InChI is InChI=1S/C11H15NO/c1-9-8-11(13-2)6-5-10(9)4-3-7-12/h3-6,8H,7,12H2,1-2H3/b4-3+. The lowest BCUT2D eigenvalue weighted by Gasteiger charge is -2.03. The van der Waals surface area contributed by atoms with Gasteiger partial charge in [-0.25, -0.2) is 0 Å². The van der Waals surface area contributed by atoms with Crippen LogP contribution in [0.25, 0.3) is 6.08 Å². The molecule has 0 aliphatic carbocycles. The number of benzene rings is 1. The Bertz CT molecular complexity index is 305. The van der Waals surface area contributed by atoms with E-state index in [1.807, 2.05) is 30.4 Å². The SMILES string of the molecule is COc1ccc(/C=C/CN)c(C)c1. The van der Waals surface area contributed by atoms with E-state index in [9.17, 15) is 0 Å². The van der Waals surface area contributed by atoms with Crippen LogP contribution in [0.1, 0.15) is 11.1 Å². The Morgan fingerprint density at radius 1 is 1.46 bits per heavy atom. The average Bonchev–Trinajstić information content (AvgIpc) is 2.16. The Labute approximate surface area is 79.0 Å². The average molecular weight is 177 g/mol. The lowest BCUT2D eigenvalue weighted by Crippen LogP contribution is -1.92. The topological polar surface area (TPSA) is 35.2 Å². The van der Waals surface area contributed by atoms with Crippen molar-refractivity contribution in [2.24, 2.45) is 5.73 Å². The molecular formula is C11H15NO. The normalized spacial score (nSPS) is 10.7. The molecule has 13 heavy (non-hydrogen) atoms. The largest absolute Gasteiger partial charge is 0.497 e. The fraction of sp³-hybridized carbons (Fsp3) is 0.273. The number of methoxy groups -OCH3 is 1. The third-order valence-corrected chi connectivity index (χ3v) is 1.91. The van der Waals surface area contributed by atoms with Crippen LogP contribution in [0.15, 0.2) is 24.3 Å². The molecule has 1 aromatic rings. The first kappa shape index (κ1) is 9.81. The van der Waals surface area contributed by atoms with E-state index in [1.165, 1.54) is 11.1 Å². The highest BCUT2D eigenvalue weighted by Crippen LogP contribution is 2.17. The maximum atomic E-state index is 5.37. The van der Waals surface area contributed by atoms with Gasteiger partial charge in [0, 0.05) is 6.54 Å². The predicted octanol–water partition coefficient (Wildman–Crippen LogP) is 1.98. The molecule has 0 aliphatic heterocycles. The molecule has 1 rings (SSSR count). The molecule has 70 valence electrons. The number of hydrogen-bond donors (Lipinski definition) is 1. The Morgan fingerprint density at radius 3 is 2.77 bits per heavy atom. The number of hydrogen-bond acceptors (Lipinski definition) is 2. The smallest absolute Gasteiger partial charge is 0.119 e. The highest BCUT2D eigenvalue weighted by molar-refractivity contribution is 5.55. The van der Waals surface area contributed by atoms with E-state index in [0.717, 1.165) is 5.75 Å². The molecule has 0 amide bonds. The van der Waals surface area contributed by atoms with Gasteiger partial charge in [-0.3, -0.25) is 0 Å². The zero-order valence-electron chi connectivity index (χ0n) is 8.08. The summed E-state index contributed by atoms with van der Waals surface area (Å²) in [6, 6.07) is 5.99. The van der Waals surface area contributed by atoms with Gasteiger partial charge in [0.25, 0.3) is 0 Å². The first-order valence-corrected chi connectivity index (χ1v) is 4.29. The summed E-state index contributed by atoms with van der Waals surface area (Å²) in [6.07, 6.45) is 3.96. The van der Waals surface area contributed by atoms with Crippen LogP contribution in [0.4, 0.5) is 0 Å². The molecule has 0 radical (unpaired) electrons. The summed E-state index contributed by atoms with van der Waals surface area (Å²) in [6.45, 7) is 2.63. The molecule has 0 saturated carbocycles. The van der Waals surface area contributed by atoms with Crippen molar-refractivity contribution >= 4 is 6.08 Å². The van der Waals surface area contributed by atoms with Gasteiger partial charge >= 0.3 is 0 Å². The van der Waals surface area contributed by atoms with E-state index in [2.05, 4.69) is 6.92 Å². The molecule has 0 heterocycles. The third-order valence-electron chi connectivity index (χ3n) is 1.91. The minimum Gasteiger partial charge on any atom is -0.497 e. The van der Waals surface area contributed by atoms with Gasteiger partial charge in [0.15, 0.2) is 0 Å². The molecule has 0 atom stereocenters. The van der Waals surface area contributed by atoms with Gasteiger partial charge in [0.2, 0.25) is 0 Å². The van der Waals surface area contributed by atoms with Crippen LogP contribution in [0.3, 0.4) is 0 Å². The van der Waals surface area contributed by atoms with E-state index in [4.69, 9.17) is 10.5 Å². The second kappa shape index (κ2) is 4.67. The molecule has 1 aromatic carbocycles. The van der Waals surface area contributed by atoms with Crippen LogP contribution < -0.4 is 10.5 Å². The Morgan fingerprint density at radius 2 is 2.23 bits per heavy atom. The minimum absolute atomic E-state index is 0.575. The molecule has 0 fully saturated rings. The van der Waals surface area contributed by atoms with Crippen LogP contribution in [0.5, 0.6) is 5.75 Å². The zero-order valence-corrected chi connectivity index (χ0v) is 8.08. The first-order valence-electron chi connectivity index (χ1n) is 4.29. The van der Waals surface area contributed by atoms with E-state index in [1.54, 1.807) is 7.11 Å². The van der Waals surface area contributed by atoms with Crippen molar-refractivity contribution in [3.05, 3.63) is 35.4 Å². The van der Waals surface area contributed by atoms with Gasteiger partial charge in [-0.05, 0) is 30.2 Å². The molecule has 0 aliphatic rings. The van der Waals surface area contributed by atoms with Crippen LogP contribution in [-0.2, 0) is 0 Å². The van der Waals surface area contributed by atoms with Gasteiger partial charge < -0.3 is 10.5 Å². The van der Waals surface area contributed by atoms with Crippen molar-refractivity contribution < 1.29 is 4.74 Å². The lowest BCUT2D eigenvalue weighted by atomic mass is 10.1. The monoisotopic (exact) mass is 177 g/mol. The quantitative estimate of drug-likeness (QED) is 0.766. The summed E-state index contributed by atoms with van der Waals surface area (Å²) in [4.78, 5) is 0. The maximum Gasteiger partial charge on any atom is 0.119 e. The molecule has 0 aromatic heterocycles. The fourth-order valence-corrected chi connectivity index (χ4v) is 1.16. The molecule has 2 N–H and O–H groups in total. The molecule has 0 spiro atoms. The molecule has 2 nitrogen and oxygen atoms in total. The van der Waals surface area contributed by atoms with Crippen LogP contribution in [0.2, 0.25) is 0 Å². The van der Waals surface area contributed by atoms with Gasteiger partial charge in [0.05, 0.1) is 7.11 Å². The number of aryl methyl sites for hydroxylation is 1. The van der Waals surface area contributed by atoms with Crippen molar-refractivity contribution in [1.82, 2.24) is 0 Å². The number of nitrogens with two attached hydrogens (primary N) is 1. The Kier molecular flexibility index (Phi) is 3.53. The van der Waals surface area contributed by atoms with Gasteiger partial charge in [-0.1, -0.05) is 18.2 Å². The molecule has 0 saturated heterocycles. The van der Waals surface area contributed by atoms with Gasteiger partial charge in [-0.15, -0.1) is 0 Å². The molecule has 0 unspecified atom stereocenters. The van der Waals surface area contributed by atoms with Gasteiger partial charge in [-0.2, -0.15) is 0 Å². The fourth-order valence-electron chi connectivity index (χ4n) is 1.16. The van der Waals surface area contributed by atoms with E-state index < -0.39 is 0 Å². The maximum absolute atomic E-state index is 5.37. The summed E-state index contributed by atoms with van der Waals surface area (Å²) in [5.41, 5.74) is 7.76. The Hall–Kier alpha value is -1.28. The second-order valence-corrected chi connectivity index (χ2v) is 2.86. The van der Waals surface area contributed by atoms with Crippen molar-refractivity contribution in [2.45, 2.75) is 6.92 Å². The van der Waals surface area contributed by atoms with E-state index in [0.29, 0.717) is 6.54 Å². The lowest BCUT2D eigenvalue weighted by molar-refractivity contribution is 0.414. The number of ether oxygens (including phenoxy) is 1. The predicted molar refractivity (Wildman–Crippen MR) is 55.8 cm³/mol. The summed E-state index contributed by atoms with van der Waals surface area (Å²) in [7, 11) is 1.67. The van der Waals surface area contributed by atoms with Crippen LogP contribution in [0, 0.1) is 6.92 Å². The minimum atomic E-state index is 0.575. The summed E-state index contributed by atoms with van der Waals surface area (Å²) >= 11 is 0. The highest BCUT2D eigenvalue weighted by atomic mass is 16.5. The van der Waals surface area contributed by atoms with Crippen molar-refractivity contribution in [3.63, 3.8) is 0 Å². The third kappa shape index (κ3) is 2.60. The van der Waals surface area contributed by atoms with E-state index in [-0.39, 0.29) is 0 Å². The molecule has 2 heteroatoms. The van der Waals surface area contributed by atoms with Gasteiger partial charge in [0.1, 0.15) is 5.75 Å². The zero-order chi connectivity index (χ0) is 9.68. The van der Waals surface area contributed by atoms with Crippen LogP contribution >= 0.6 is 0 Å². The van der Waals surface area contributed by atoms with Crippen LogP contribution in [-0.4, -0.2) is 13.7 Å². The summed E-state index contributed by atoms with van der Waals surface area (Å²) in [5, 5.41) is 0. The van der Waals surface area contributed by atoms with Crippen molar-refractivity contribution in [2.75, 3.05) is 13.7 Å². The highest BCUT2D eigenvalue weighted by Gasteiger charge is 1.95. The summed E-state index contributed by atoms with van der Waals surface area (Å²) < 4.78 is 5.11.